The van der Waals surface area contributed by atoms with E-state index in [1.807, 2.05) is 6.92 Å². The summed E-state index contributed by atoms with van der Waals surface area (Å²) < 4.78 is 35.0. The summed E-state index contributed by atoms with van der Waals surface area (Å²) in [5, 5.41) is 0. The molecule has 1 aliphatic rings. The van der Waals surface area contributed by atoms with E-state index in [2.05, 4.69) is 4.72 Å². The van der Waals surface area contributed by atoms with E-state index in [1.54, 1.807) is 22.8 Å². The number of hydrogen-bond acceptors (Lipinski definition) is 5. The van der Waals surface area contributed by atoms with Gasteiger partial charge in [-0.1, -0.05) is 11.3 Å². The number of aromatic nitrogens is 1. The maximum atomic E-state index is 12.3. The summed E-state index contributed by atoms with van der Waals surface area (Å²) in [7, 11) is -3.58. The van der Waals surface area contributed by atoms with Gasteiger partial charge < -0.3 is 4.74 Å². The Bertz CT molecular complexity index is 832. The highest BCUT2D eigenvalue weighted by molar-refractivity contribution is 7.89. The van der Waals surface area contributed by atoms with Crippen molar-refractivity contribution in [2.75, 3.05) is 13.2 Å². The molecule has 0 bridgehead atoms. The Morgan fingerprint density at radius 3 is 2.95 bits per heavy atom. The van der Waals surface area contributed by atoms with Crippen molar-refractivity contribution in [2.24, 2.45) is 0 Å². The fraction of sp³-hybridized carbons (Fsp3) is 0.500. The molecule has 1 N–H and O–H groups in total. The molecule has 1 atom stereocenters. The normalized spacial score (nSPS) is 19.0. The summed E-state index contributed by atoms with van der Waals surface area (Å²) in [6.07, 6.45) is 1.80. The van der Waals surface area contributed by atoms with Crippen LogP contribution in [0.5, 0.6) is 0 Å². The van der Waals surface area contributed by atoms with Gasteiger partial charge in [-0.05, 0) is 38.0 Å². The molecule has 1 aromatic heterocycles. The molecule has 2 heterocycles. The number of rotatable bonds is 5. The molecule has 8 heteroatoms. The van der Waals surface area contributed by atoms with Crippen LogP contribution in [0.15, 0.2) is 27.9 Å². The van der Waals surface area contributed by atoms with Crippen LogP contribution in [0.4, 0.5) is 0 Å². The van der Waals surface area contributed by atoms with Crippen molar-refractivity contribution in [1.29, 1.82) is 0 Å². The molecule has 0 amide bonds. The highest BCUT2D eigenvalue weighted by atomic mass is 32.2. The summed E-state index contributed by atoms with van der Waals surface area (Å²) in [6, 6.07) is 4.79. The maximum Gasteiger partial charge on any atom is 0.308 e. The third-order valence-corrected chi connectivity index (χ3v) is 6.15. The molecule has 0 saturated carbocycles. The number of ether oxygens (including phenoxy) is 1. The van der Waals surface area contributed by atoms with Gasteiger partial charge in [-0.2, -0.15) is 0 Å². The lowest BCUT2D eigenvalue weighted by molar-refractivity contribution is 0.114. The van der Waals surface area contributed by atoms with E-state index >= 15 is 0 Å². The van der Waals surface area contributed by atoms with Crippen molar-refractivity contribution in [2.45, 2.75) is 37.3 Å². The summed E-state index contributed by atoms with van der Waals surface area (Å²) >= 11 is 1.07. The first-order chi connectivity index (χ1) is 10.5. The molecule has 1 fully saturated rings. The number of hydrogen-bond donors (Lipinski definition) is 1. The van der Waals surface area contributed by atoms with E-state index in [-0.39, 0.29) is 22.4 Å². The van der Waals surface area contributed by atoms with Crippen LogP contribution in [0, 0.1) is 0 Å². The number of nitrogens with one attached hydrogen (secondary N) is 1. The number of sulfonamides is 1. The Balaban J connectivity index is 1.86. The summed E-state index contributed by atoms with van der Waals surface area (Å²) in [6.45, 7) is 3.44. The monoisotopic (exact) mass is 342 g/mol. The second-order valence-corrected chi connectivity index (χ2v) is 7.99. The second-order valence-electron chi connectivity index (χ2n) is 5.23. The van der Waals surface area contributed by atoms with Crippen LogP contribution in [-0.4, -0.2) is 32.2 Å². The van der Waals surface area contributed by atoms with Crippen LogP contribution >= 0.6 is 11.3 Å². The second kappa shape index (κ2) is 6.11. The minimum atomic E-state index is -3.58. The van der Waals surface area contributed by atoms with Crippen molar-refractivity contribution in [3.05, 3.63) is 27.9 Å². The molecule has 2 aromatic rings. The van der Waals surface area contributed by atoms with Crippen LogP contribution in [0.25, 0.3) is 10.2 Å². The third kappa shape index (κ3) is 2.96. The fourth-order valence-corrected chi connectivity index (χ4v) is 4.77. The van der Waals surface area contributed by atoms with E-state index < -0.39 is 10.0 Å². The average Bonchev–Trinajstić information content (AvgIpc) is 3.10. The fourth-order valence-electron chi connectivity index (χ4n) is 2.60. The Hall–Kier alpha value is -1.22. The molecule has 0 aliphatic carbocycles. The minimum absolute atomic E-state index is 0.0456. The van der Waals surface area contributed by atoms with Gasteiger partial charge in [0.2, 0.25) is 10.0 Å². The van der Waals surface area contributed by atoms with Crippen LogP contribution in [-0.2, 0) is 21.3 Å². The van der Waals surface area contributed by atoms with Gasteiger partial charge in [-0.25, -0.2) is 13.1 Å². The average molecular weight is 342 g/mol. The van der Waals surface area contributed by atoms with Crippen molar-refractivity contribution < 1.29 is 13.2 Å². The molecule has 0 spiro atoms. The standard InChI is InChI=1S/C14H18N2O4S2/c1-2-16-12-6-5-11(8-13(12)21-14(16)17)22(18,19)15-9-10-4-3-7-20-10/h5-6,8,10,15H,2-4,7,9H2,1H3/t10-/m0/s1. The lowest BCUT2D eigenvalue weighted by atomic mass is 10.2. The zero-order valence-corrected chi connectivity index (χ0v) is 13.9. The van der Waals surface area contributed by atoms with E-state index in [4.69, 9.17) is 4.74 Å². The molecule has 3 rings (SSSR count). The summed E-state index contributed by atoms with van der Waals surface area (Å²) in [5.41, 5.74) is 0.774. The number of benzene rings is 1. The Kier molecular flexibility index (Phi) is 4.35. The highest BCUT2D eigenvalue weighted by Gasteiger charge is 2.21. The molecule has 1 aromatic carbocycles. The van der Waals surface area contributed by atoms with E-state index in [0.29, 0.717) is 17.9 Å². The number of thiazole rings is 1. The first-order valence-electron chi connectivity index (χ1n) is 7.26. The van der Waals surface area contributed by atoms with Crippen LogP contribution in [0.3, 0.4) is 0 Å². The quantitative estimate of drug-likeness (QED) is 0.894. The lowest BCUT2D eigenvalue weighted by Gasteiger charge is -2.11. The van der Waals surface area contributed by atoms with E-state index in [9.17, 15) is 13.2 Å². The van der Waals surface area contributed by atoms with E-state index in [0.717, 1.165) is 29.7 Å². The van der Waals surface area contributed by atoms with Gasteiger partial charge in [0.1, 0.15) is 0 Å². The first kappa shape index (κ1) is 15.7. The van der Waals surface area contributed by atoms with Crippen LogP contribution < -0.4 is 9.60 Å². The zero-order chi connectivity index (χ0) is 15.7. The maximum absolute atomic E-state index is 12.3. The summed E-state index contributed by atoms with van der Waals surface area (Å²) in [4.78, 5) is 11.9. The Morgan fingerprint density at radius 1 is 1.45 bits per heavy atom. The summed E-state index contributed by atoms with van der Waals surface area (Å²) in [5.74, 6) is 0. The molecule has 0 unspecified atom stereocenters. The first-order valence-corrected chi connectivity index (χ1v) is 9.56. The smallest absolute Gasteiger partial charge is 0.308 e. The molecule has 22 heavy (non-hydrogen) atoms. The Labute approximate surface area is 132 Å². The highest BCUT2D eigenvalue weighted by Crippen LogP contribution is 2.22. The van der Waals surface area contributed by atoms with Crippen molar-refractivity contribution in [3.8, 4) is 0 Å². The predicted molar refractivity (Wildman–Crippen MR) is 85.9 cm³/mol. The van der Waals surface area contributed by atoms with E-state index in [1.165, 1.54) is 0 Å². The predicted octanol–water partition coefficient (Wildman–Crippen LogP) is 1.54. The molecule has 6 nitrogen and oxygen atoms in total. The van der Waals surface area contributed by atoms with Gasteiger partial charge in [-0.3, -0.25) is 9.36 Å². The Morgan fingerprint density at radius 2 is 2.27 bits per heavy atom. The third-order valence-electron chi connectivity index (χ3n) is 3.79. The molecule has 0 radical (unpaired) electrons. The van der Waals surface area contributed by atoms with Crippen LogP contribution in [0.1, 0.15) is 19.8 Å². The van der Waals surface area contributed by atoms with Crippen molar-refractivity contribution >= 4 is 31.6 Å². The molecule has 120 valence electrons. The van der Waals surface area contributed by atoms with Gasteiger partial charge in [0.25, 0.3) is 0 Å². The zero-order valence-electron chi connectivity index (χ0n) is 12.2. The SMILES string of the molecule is CCn1c(=O)sc2cc(S(=O)(=O)NC[C@@H]3CCCO3)ccc21. The number of aryl methyl sites for hydroxylation is 1. The molecular weight excluding hydrogens is 324 g/mol. The van der Waals surface area contributed by atoms with Gasteiger partial charge in [0, 0.05) is 19.7 Å². The van der Waals surface area contributed by atoms with Gasteiger partial charge >= 0.3 is 4.87 Å². The number of fused-ring (bicyclic) bond motifs is 1. The minimum Gasteiger partial charge on any atom is -0.377 e. The number of nitrogens with zero attached hydrogens (tertiary/aromatic N) is 1. The van der Waals surface area contributed by atoms with Gasteiger partial charge in [-0.15, -0.1) is 0 Å². The topological polar surface area (TPSA) is 77.4 Å². The largest absolute Gasteiger partial charge is 0.377 e. The molecule has 1 saturated heterocycles. The molecule has 1 aliphatic heterocycles. The van der Waals surface area contributed by atoms with Gasteiger partial charge in [0.15, 0.2) is 0 Å². The lowest BCUT2D eigenvalue weighted by Crippen LogP contribution is -2.31. The molecular formula is C14H18N2O4S2. The van der Waals surface area contributed by atoms with Crippen LogP contribution in [0.2, 0.25) is 0 Å². The van der Waals surface area contributed by atoms with Crippen molar-refractivity contribution in [1.82, 2.24) is 9.29 Å². The van der Waals surface area contributed by atoms with Gasteiger partial charge in [0.05, 0.1) is 21.2 Å². The van der Waals surface area contributed by atoms with Crippen molar-refractivity contribution in [3.63, 3.8) is 0 Å².